The van der Waals surface area contributed by atoms with Crippen molar-refractivity contribution in [2.24, 2.45) is 5.73 Å². The van der Waals surface area contributed by atoms with Crippen LogP contribution in [0.25, 0.3) is 0 Å². The summed E-state index contributed by atoms with van der Waals surface area (Å²) in [7, 11) is 0. The molecule has 1 aliphatic heterocycles. The number of carbonyl (C=O) groups excluding carboxylic acids is 1. The number of nitrogens with zero attached hydrogens (tertiary/aromatic N) is 2. The second-order valence-electron chi connectivity index (χ2n) is 5.10. The Labute approximate surface area is 137 Å². The standard InChI is InChI=1S/C16H16FN3O2S/c17-8-11(9-18)10-22-13-1-2-14-12(7-13)3-5-20(15(14)21)16-19-4-6-23-16/h1-2,4,6-8H,3,5,9-10,18H2/b11-8+. The summed E-state index contributed by atoms with van der Waals surface area (Å²) in [6, 6.07) is 5.29. The first-order valence-corrected chi connectivity index (χ1v) is 8.06. The van der Waals surface area contributed by atoms with Crippen LogP contribution in [0, 0.1) is 0 Å². The molecule has 1 aromatic carbocycles. The van der Waals surface area contributed by atoms with Crippen molar-refractivity contribution in [3.8, 4) is 5.75 Å². The highest BCUT2D eigenvalue weighted by molar-refractivity contribution is 7.13. The van der Waals surface area contributed by atoms with Gasteiger partial charge in [-0.15, -0.1) is 11.3 Å². The first-order chi connectivity index (χ1) is 11.2. The van der Waals surface area contributed by atoms with E-state index in [-0.39, 0.29) is 19.1 Å². The van der Waals surface area contributed by atoms with E-state index < -0.39 is 0 Å². The molecule has 1 aliphatic rings. The summed E-state index contributed by atoms with van der Waals surface area (Å²) < 4.78 is 18.0. The van der Waals surface area contributed by atoms with Gasteiger partial charge in [-0.2, -0.15) is 0 Å². The quantitative estimate of drug-likeness (QED) is 0.913. The van der Waals surface area contributed by atoms with Crippen molar-refractivity contribution in [3.63, 3.8) is 0 Å². The molecule has 23 heavy (non-hydrogen) atoms. The molecule has 2 aromatic rings. The Morgan fingerprint density at radius 1 is 1.52 bits per heavy atom. The van der Waals surface area contributed by atoms with Crippen molar-refractivity contribution in [3.05, 3.63) is 52.8 Å². The summed E-state index contributed by atoms with van der Waals surface area (Å²) in [4.78, 5) is 18.4. The van der Waals surface area contributed by atoms with Crippen molar-refractivity contribution in [1.82, 2.24) is 4.98 Å². The normalized spacial score (nSPS) is 14.8. The topological polar surface area (TPSA) is 68.5 Å². The number of benzene rings is 1. The van der Waals surface area contributed by atoms with Crippen LogP contribution < -0.4 is 15.4 Å². The molecule has 0 spiro atoms. The molecule has 1 aromatic heterocycles. The highest BCUT2D eigenvalue weighted by Gasteiger charge is 2.27. The Balaban J connectivity index is 1.76. The summed E-state index contributed by atoms with van der Waals surface area (Å²) in [6.07, 6.45) is 2.88. The molecule has 2 heterocycles. The van der Waals surface area contributed by atoms with Crippen LogP contribution in [0.1, 0.15) is 15.9 Å². The molecule has 0 atom stereocenters. The Hall–Kier alpha value is -2.25. The van der Waals surface area contributed by atoms with Gasteiger partial charge in [0, 0.05) is 35.8 Å². The van der Waals surface area contributed by atoms with Gasteiger partial charge in [0.05, 0.1) is 6.33 Å². The summed E-state index contributed by atoms with van der Waals surface area (Å²) in [5, 5.41) is 2.56. The minimum absolute atomic E-state index is 0.0564. The number of aromatic nitrogens is 1. The van der Waals surface area contributed by atoms with Crippen LogP contribution in [0.2, 0.25) is 0 Å². The fourth-order valence-electron chi connectivity index (χ4n) is 2.40. The van der Waals surface area contributed by atoms with E-state index in [1.165, 1.54) is 11.3 Å². The number of thiazole rings is 1. The number of ether oxygens (including phenoxy) is 1. The fraction of sp³-hybridized carbons (Fsp3) is 0.250. The lowest BCUT2D eigenvalue weighted by molar-refractivity contribution is 0.0980. The lowest BCUT2D eigenvalue weighted by atomic mass is 9.99. The van der Waals surface area contributed by atoms with Crippen LogP contribution in [0.4, 0.5) is 9.52 Å². The van der Waals surface area contributed by atoms with Crippen LogP contribution in [0.3, 0.4) is 0 Å². The minimum atomic E-state index is -0.0564. The van der Waals surface area contributed by atoms with Gasteiger partial charge >= 0.3 is 0 Å². The van der Waals surface area contributed by atoms with E-state index in [9.17, 15) is 9.18 Å². The second kappa shape index (κ2) is 6.89. The third-order valence-electron chi connectivity index (χ3n) is 3.65. The molecule has 1 amide bonds. The molecule has 0 aliphatic carbocycles. The highest BCUT2D eigenvalue weighted by atomic mass is 32.1. The summed E-state index contributed by atoms with van der Waals surface area (Å²) in [5.41, 5.74) is 7.36. The first kappa shape index (κ1) is 15.6. The first-order valence-electron chi connectivity index (χ1n) is 7.18. The molecule has 7 heteroatoms. The van der Waals surface area contributed by atoms with E-state index in [4.69, 9.17) is 10.5 Å². The van der Waals surface area contributed by atoms with Crippen LogP contribution in [-0.4, -0.2) is 30.6 Å². The third kappa shape index (κ3) is 3.25. The van der Waals surface area contributed by atoms with Gasteiger partial charge in [0.25, 0.3) is 5.91 Å². The summed E-state index contributed by atoms with van der Waals surface area (Å²) in [6.45, 7) is 0.801. The minimum Gasteiger partial charge on any atom is -0.489 e. The molecule has 5 nitrogen and oxygen atoms in total. The third-order valence-corrected chi connectivity index (χ3v) is 4.44. The largest absolute Gasteiger partial charge is 0.489 e. The number of anilines is 1. The zero-order chi connectivity index (χ0) is 16.2. The zero-order valence-electron chi connectivity index (χ0n) is 12.4. The fourth-order valence-corrected chi connectivity index (χ4v) is 3.06. The van der Waals surface area contributed by atoms with Crippen molar-refractivity contribution in [1.29, 1.82) is 0 Å². The molecule has 3 rings (SSSR count). The van der Waals surface area contributed by atoms with Crippen molar-refractivity contribution in [2.45, 2.75) is 6.42 Å². The number of hydrogen-bond donors (Lipinski definition) is 1. The van der Waals surface area contributed by atoms with Gasteiger partial charge in [0.2, 0.25) is 0 Å². The predicted octanol–water partition coefficient (Wildman–Crippen LogP) is 2.54. The summed E-state index contributed by atoms with van der Waals surface area (Å²) in [5.74, 6) is 0.547. The summed E-state index contributed by atoms with van der Waals surface area (Å²) >= 11 is 1.44. The Morgan fingerprint density at radius 3 is 3.09 bits per heavy atom. The number of rotatable bonds is 5. The highest BCUT2D eigenvalue weighted by Crippen LogP contribution is 2.28. The van der Waals surface area contributed by atoms with Gasteiger partial charge in [0.15, 0.2) is 5.13 Å². The number of amides is 1. The SMILES string of the molecule is NC/C(=C\F)COc1ccc2c(c1)CCN(c1nccs1)C2=O. The van der Waals surface area contributed by atoms with Gasteiger partial charge in [-0.25, -0.2) is 9.37 Å². The van der Waals surface area contributed by atoms with E-state index in [1.807, 2.05) is 11.4 Å². The van der Waals surface area contributed by atoms with Gasteiger partial charge in [0.1, 0.15) is 12.4 Å². The molecule has 0 bridgehead atoms. The lowest BCUT2D eigenvalue weighted by Gasteiger charge is -2.26. The van der Waals surface area contributed by atoms with Crippen LogP contribution >= 0.6 is 11.3 Å². The second-order valence-corrected chi connectivity index (χ2v) is 5.97. The van der Waals surface area contributed by atoms with Crippen LogP contribution in [0.15, 0.2) is 41.7 Å². The van der Waals surface area contributed by atoms with Crippen LogP contribution in [-0.2, 0) is 6.42 Å². The van der Waals surface area contributed by atoms with Gasteiger partial charge < -0.3 is 10.5 Å². The molecule has 0 radical (unpaired) electrons. The monoisotopic (exact) mass is 333 g/mol. The average Bonchev–Trinajstić information content (AvgIpc) is 3.10. The Bertz CT molecular complexity index is 731. The molecular weight excluding hydrogens is 317 g/mol. The Morgan fingerprint density at radius 2 is 2.39 bits per heavy atom. The molecular formula is C16H16FN3O2S. The van der Waals surface area contributed by atoms with E-state index in [0.717, 1.165) is 12.0 Å². The van der Waals surface area contributed by atoms with Crippen molar-refractivity contribution < 1.29 is 13.9 Å². The maximum atomic E-state index is 12.6. The molecule has 0 fully saturated rings. The Kier molecular flexibility index (Phi) is 4.68. The molecule has 2 N–H and O–H groups in total. The molecule has 0 saturated heterocycles. The predicted molar refractivity (Wildman–Crippen MR) is 87.7 cm³/mol. The average molecular weight is 333 g/mol. The smallest absolute Gasteiger partial charge is 0.260 e. The van der Waals surface area contributed by atoms with Crippen molar-refractivity contribution >= 4 is 22.4 Å². The van der Waals surface area contributed by atoms with Crippen molar-refractivity contribution in [2.75, 3.05) is 24.6 Å². The van der Waals surface area contributed by atoms with Crippen LogP contribution in [0.5, 0.6) is 5.75 Å². The molecule has 120 valence electrons. The maximum absolute atomic E-state index is 12.6. The number of carbonyl (C=O) groups is 1. The van der Waals surface area contributed by atoms with Gasteiger partial charge in [-0.3, -0.25) is 9.69 Å². The number of hydrogen-bond acceptors (Lipinski definition) is 5. The van der Waals surface area contributed by atoms with E-state index in [2.05, 4.69) is 4.98 Å². The lowest BCUT2D eigenvalue weighted by Crippen LogP contribution is -2.37. The zero-order valence-corrected chi connectivity index (χ0v) is 13.2. The van der Waals surface area contributed by atoms with E-state index in [1.54, 1.807) is 23.2 Å². The van der Waals surface area contributed by atoms with E-state index >= 15 is 0 Å². The van der Waals surface area contributed by atoms with Gasteiger partial charge in [-0.05, 0) is 30.2 Å². The number of nitrogens with two attached hydrogens (primary N) is 1. The number of fused-ring (bicyclic) bond motifs is 1. The molecule has 0 saturated carbocycles. The van der Waals surface area contributed by atoms with E-state index in [0.29, 0.717) is 34.9 Å². The number of halogens is 1. The molecule has 0 unspecified atom stereocenters. The van der Waals surface area contributed by atoms with Gasteiger partial charge in [-0.1, -0.05) is 0 Å². The maximum Gasteiger partial charge on any atom is 0.260 e.